The van der Waals surface area contributed by atoms with Crippen molar-refractivity contribution in [3.05, 3.63) is 93.7 Å². The third kappa shape index (κ3) is 5.17. The summed E-state index contributed by atoms with van der Waals surface area (Å²) in [5, 5.41) is 15.6. The first-order chi connectivity index (χ1) is 15.9. The number of benzene rings is 2. The van der Waals surface area contributed by atoms with Crippen molar-refractivity contribution in [2.45, 2.75) is 17.2 Å². The fourth-order valence-electron chi connectivity index (χ4n) is 3.08. The first-order valence-electron chi connectivity index (χ1n) is 9.96. The van der Waals surface area contributed by atoms with Gasteiger partial charge in [0.2, 0.25) is 5.91 Å². The number of nitriles is 1. The third-order valence-electron chi connectivity index (χ3n) is 4.77. The van der Waals surface area contributed by atoms with Crippen LogP contribution in [0.25, 0.3) is 16.9 Å². The highest BCUT2D eigenvalue weighted by atomic mass is 35.5. The van der Waals surface area contributed by atoms with Crippen LogP contribution in [0.5, 0.6) is 0 Å². The summed E-state index contributed by atoms with van der Waals surface area (Å²) in [6.45, 7) is 1.71. The van der Waals surface area contributed by atoms with E-state index in [1.165, 1.54) is 22.5 Å². The van der Waals surface area contributed by atoms with Gasteiger partial charge in [0.1, 0.15) is 16.9 Å². The number of H-pyrrole nitrogens is 1. The van der Waals surface area contributed by atoms with E-state index in [1.807, 2.05) is 30.3 Å². The highest BCUT2D eigenvalue weighted by Crippen LogP contribution is 2.29. The van der Waals surface area contributed by atoms with E-state index >= 15 is 0 Å². The van der Waals surface area contributed by atoms with Crippen LogP contribution < -0.4 is 10.9 Å². The molecular weight excluding hydrogens is 458 g/mol. The molecule has 0 aliphatic heterocycles. The Morgan fingerprint density at radius 1 is 1.15 bits per heavy atom. The molecule has 2 N–H and O–H groups in total. The summed E-state index contributed by atoms with van der Waals surface area (Å²) >= 11 is 7.13. The van der Waals surface area contributed by atoms with Crippen LogP contribution in [0.3, 0.4) is 0 Å². The first-order valence-corrected chi connectivity index (χ1v) is 11.2. The number of carbonyl (C=O) groups excluding carboxylic acids is 1. The van der Waals surface area contributed by atoms with Crippen LogP contribution in [0.4, 0.5) is 5.82 Å². The zero-order valence-corrected chi connectivity index (χ0v) is 19.0. The normalized spacial score (nSPS) is 11.5. The summed E-state index contributed by atoms with van der Waals surface area (Å²) in [6.07, 6.45) is 0. The number of thioether (sulfide) groups is 1. The molecule has 0 saturated heterocycles. The molecular formula is C24H18ClN5O2S. The Hall–Kier alpha value is -3.80. The average Bonchev–Trinajstić information content (AvgIpc) is 3.19. The number of halogens is 1. The molecule has 7 nitrogen and oxygen atoms in total. The van der Waals surface area contributed by atoms with Crippen LogP contribution in [-0.2, 0) is 4.79 Å². The van der Waals surface area contributed by atoms with Gasteiger partial charge in [0.15, 0.2) is 0 Å². The molecule has 1 amide bonds. The molecule has 9 heteroatoms. The molecule has 1 atom stereocenters. The molecule has 0 radical (unpaired) electrons. The standard InChI is InChI=1S/C24H18ClN5O2S/c1-15(23(32)28-21-13-22(31)30(29-21)19-5-3-2-4-6-19)33-24-17(14-26)9-12-20(27-24)16-7-10-18(25)11-8-16/h2-13,15,29H,1H3,(H,28,32). The number of hydrogen-bond donors (Lipinski definition) is 2. The topological polar surface area (TPSA) is 104 Å². The maximum Gasteiger partial charge on any atom is 0.273 e. The molecule has 164 valence electrons. The van der Waals surface area contributed by atoms with Gasteiger partial charge < -0.3 is 5.32 Å². The lowest BCUT2D eigenvalue weighted by atomic mass is 10.1. The minimum Gasteiger partial charge on any atom is -0.310 e. The lowest BCUT2D eigenvalue weighted by Gasteiger charge is -2.12. The highest BCUT2D eigenvalue weighted by Gasteiger charge is 2.19. The van der Waals surface area contributed by atoms with Crippen LogP contribution in [0.2, 0.25) is 5.02 Å². The number of pyridine rings is 1. The SMILES string of the molecule is CC(Sc1nc(-c2ccc(Cl)cc2)ccc1C#N)C(=O)Nc1cc(=O)n(-c2ccccc2)[nH]1. The number of anilines is 1. The highest BCUT2D eigenvalue weighted by molar-refractivity contribution is 8.00. The number of aromatic nitrogens is 3. The van der Waals surface area contributed by atoms with Gasteiger partial charge in [0.25, 0.3) is 5.56 Å². The smallest absolute Gasteiger partial charge is 0.273 e. The number of nitrogens with zero attached hydrogens (tertiary/aromatic N) is 3. The number of hydrogen-bond acceptors (Lipinski definition) is 5. The Morgan fingerprint density at radius 3 is 2.58 bits per heavy atom. The third-order valence-corrected chi connectivity index (χ3v) is 6.13. The van der Waals surface area contributed by atoms with Crippen molar-refractivity contribution in [2.75, 3.05) is 5.32 Å². The van der Waals surface area contributed by atoms with E-state index in [-0.39, 0.29) is 17.3 Å². The molecule has 33 heavy (non-hydrogen) atoms. The van der Waals surface area contributed by atoms with E-state index in [9.17, 15) is 14.9 Å². The zero-order chi connectivity index (χ0) is 23.4. The van der Waals surface area contributed by atoms with Crippen LogP contribution in [0.1, 0.15) is 12.5 Å². The van der Waals surface area contributed by atoms with Crippen molar-refractivity contribution in [2.24, 2.45) is 0 Å². The van der Waals surface area contributed by atoms with Gasteiger partial charge in [0.05, 0.1) is 22.2 Å². The summed E-state index contributed by atoms with van der Waals surface area (Å²) in [7, 11) is 0. The Labute approximate surface area is 199 Å². The lowest BCUT2D eigenvalue weighted by Crippen LogP contribution is -2.23. The number of nitrogens with one attached hydrogen (secondary N) is 2. The van der Waals surface area contributed by atoms with Crippen molar-refractivity contribution in [1.29, 1.82) is 5.26 Å². The minimum atomic E-state index is -0.575. The van der Waals surface area contributed by atoms with E-state index in [0.29, 0.717) is 27.0 Å². The summed E-state index contributed by atoms with van der Waals surface area (Å²) in [4.78, 5) is 29.6. The zero-order valence-electron chi connectivity index (χ0n) is 17.4. The maximum atomic E-state index is 12.8. The Balaban J connectivity index is 1.51. The fraction of sp³-hybridized carbons (Fsp3) is 0.0833. The van der Waals surface area contributed by atoms with Gasteiger partial charge in [-0.15, -0.1) is 0 Å². The van der Waals surface area contributed by atoms with Gasteiger partial charge in [-0.2, -0.15) is 5.26 Å². The molecule has 0 fully saturated rings. The van der Waals surface area contributed by atoms with Crippen molar-refractivity contribution in [3.8, 4) is 23.0 Å². The van der Waals surface area contributed by atoms with Gasteiger partial charge in [-0.05, 0) is 43.3 Å². The molecule has 0 bridgehead atoms. The molecule has 0 spiro atoms. The Morgan fingerprint density at radius 2 is 1.88 bits per heavy atom. The van der Waals surface area contributed by atoms with Crippen LogP contribution in [0.15, 0.2) is 82.6 Å². The molecule has 0 aliphatic carbocycles. The largest absolute Gasteiger partial charge is 0.310 e. The lowest BCUT2D eigenvalue weighted by molar-refractivity contribution is -0.115. The van der Waals surface area contributed by atoms with E-state index in [1.54, 1.807) is 43.3 Å². The molecule has 0 saturated carbocycles. The monoisotopic (exact) mass is 475 g/mol. The van der Waals surface area contributed by atoms with Gasteiger partial charge in [-0.3, -0.25) is 14.7 Å². The molecule has 2 heterocycles. The fourth-order valence-corrected chi connectivity index (χ4v) is 4.10. The number of rotatable bonds is 6. The van der Waals surface area contributed by atoms with Crippen molar-refractivity contribution in [3.63, 3.8) is 0 Å². The number of aromatic amines is 1. The van der Waals surface area contributed by atoms with Crippen LogP contribution in [-0.4, -0.2) is 25.9 Å². The van der Waals surface area contributed by atoms with Gasteiger partial charge in [0, 0.05) is 16.7 Å². The van der Waals surface area contributed by atoms with Crippen molar-refractivity contribution < 1.29 is 4.79 Å². The number of carbonyl (C=O) groups is 1. The predicted molar refractivity (Wildman–Crippen MR) is 130 cm³/mol. The number of amides is 1. The van der Waals surface area contributed by atoms with Gasteiger partial charge in [-0.25, -0.2) is 9.67 Å². The second kappa shape index (κ2) is 9.77. The summed E-state index contributed by atoms with van der Waals surface area (Å²) < 4.78 is 1.35. The average molecular weight is 476 g/mol. The quantitative estimate of drug-likeness (QED) is 0.387. The number of para-hydroxylation sites is 1. The van der Waals surface area contributed by atoms with Gasteiger partial charge in [-0.1, -0.05) is 53.7 Å². The molecule has 1 unspecified atom stereocenters. The van der Waals surface area contributed by atoms with Crippen LogP contribution >= 0.6 is 23.4 Å². The second-order valence-electron chi connectivity index (χ2n) is 7.10. The summed E-state index contributed by atoms with van der Waals surface area (Å²) in [5.74, 6) is -0.0475. The molecule has 4 rings (SSSR count). The second-order valence-corrected chi connectivity index (χ2v) is 8.86. The molecule has 2 aromatic carbocycles. The molecule has 2 aromatic heterocycles. The Kier molecular flexibility index (Phi) is 6.63. The first kappa shape index (κ1) is 22.4. The maximum absolute atomic E-state index is 12.8. The van der Waals surface area contributed by atoms with E-state index < -0.39 is 5.25 Å². The van der Waals surface area contributed by atoms with Crippen LogP contribution in [0, 0.1) is 11.3 Å². The van der Waals surface area contributed by atoms with Crippen molar-refractivity contribution in [1.82, 2.24) is 14.8 Å². The predicted octanol–water partition coefficient (Wildman–Crippen LogP) is 4.87. The summed E-state index contributed by atoms with van der Waals surface area (Å²) in [6, 6.07) is 23.1. The van der Waals surface area contributed by atoms with Gasteiger partial charge >= 0.3 is 0 Å². The minimum absolute atomic E-state index is 0.282. The summed E-state index contributed by atoms with van der Waals surface area (Å²) in [5.41, 5.74) is 2.27. The van der Waals surface area contributed by atoms with E-state index in [0.717, 1.165) is 5.56 Å². The van der Waals surface area contributed by atoms with Crippen molar-refractivity contribution >= 4 is 35.1 Å². The Bertz CT molecular complexity index is 1390. The van der Waals surface area contributed by atoms with E-state index in [2.05, 4.69) is 21.5 Å². The molecule has 4 aromatic rings. The molecule has 0 aliphatic rings. The van der Waals surface area contributed by atoms with E-state index in [4.69, 9.17) is 11.6 Å².